The van der Waals surface area contributed by atoms with Crippen molar-refractivity contribution in [2.45, 2.75) is 38.6 Å². The zero-order chi connectivity index (χ0) is 22.5. The van der Waals surface area contributed by atoms with Crippen molar-refractivity contribution in [3.05, 3.63) is 62.5 Å². The molecule has 0 saturated heterocycles. The quantitative estimate of drug-likeness (QED) is 0.396. The first-order chi connectivity index (χ1) is 14.7. The van der Waals surface area contributed by atoms with Gasteiger partial charge in [0, 0.05) is 12.0 Å². The average Bonchev–Trinajstić information content (AvgIpc) is 3.12. The molecule has 31 heavy (non-hydrogen) atoms. The number of nitrogens with zero attached hydrogens (tertiary/aromatic N) is 1. The SMILES string of the molecule is Cc1nc2scc(CCc3ccc(C(=O)N[C@@H](CCC(=O)O)C(=O)O)cc3)c2c(=O)[nH]1. The van der Waals surface area contributed by atoms with E-state index in [4.69, 9.17) is 10.2 Å². The lowest BCUT2D eigenvalue weighted by Crippen LogP contribution is -2.41. The Labute approximate surface area is 180 Å². The Morgan fingerprint density at radius 2 is 1.87 bits per heavy atom. The van der Waals surface area contributed by atoms with Crippen molar-refractivity contribution >= 4 is 39.4 Å². The molecule has 3 rings (SSSR count). The van der Waals surface area contributed by atoms with Crippen molar-refractivity contribution in [1.29, 1.82) is 0 Å². The van der Waals surface area contributed by atoms with Crippen LogP contribution in [-0.2, 0) is 22.4 Å². The smallest absolute Gasteiger partial charge is 0.326 e. The van der Waals surface area contributed by atoms with E-state index in [0.717, 1.165) is 11.1 Å². The molecule has 9 nitrogen and oxygen atoms in total. The largest absolute Gasteiger partial charge is 0.481 e. The van der Waals surface area contributed by atoms with Crippen LogP contribution in [-0.4, -0.2) is 44.1 Å². The lowest BCUT2D eigenvalue weighted by Gasteiger charge is -2.13. The van der Waals surface area contributed by atoms with Crippen LogP contribution in [0.15, 0.2) is 34.4 Å². The number of aromatic nitrogens is 2. The molecule has 0 radical (unpaired) electrons. The summed E-state index contributed by atoms with van der Waals surface area (Å²) in [5, 5.41) is 22.7. The summed E-state index contributed by atoms with van der Waals surface area (Å²) in [5.41, 5.74) is 2.00. The second kappa shape index (κ2) is 9.52. The summed E-state index contributed by atoms with van der Waals surface area (Å²) in [6.07, 6.45) is 0.731. The maximum atomic E-state index is 12.3. The summed E-state index contributed by atoms with van der Waals surface area (Å²) in [6, 6.07) is 5.44. The molecule has 1 aromatic carbocycles. The van der Waals surface area contributed by atoms with E-state index < -0.39 is 23.9 Å². The highest BCUT2D eigenvalue weighted by atomic mass is 32.1. The third-order valence-corrected chi connectivity index (χ3v) is 5.71. The van der Waals surface area contributed by atoms with Crippen LogP contribution in [0.1, 0.15) is 40.2 Å². The number of thiophene rings is 1. The number of nitrogens with one attached hydrogen (secondary N) is 2. The van der Waals surface area contributed by atoms with Crippen molar-refractivity contribution in [3.8, 4) is 0 Å². The number of benzene rings is 1. The summed E-state index contributed by atoms with van der Waals surface area (Å²) in [7, 11) is 0. The Morgan fingerprint density at radius 1 is 1.16 bits per heavy atom. The van der Waals surface area contributed by atoms with Gasteiger partial charge in [0.1, 0.15) is 16.7 Å². The van der Waals surface area contributed by atoms with Crippen LogP contribution in [0.3, 0.4) is 0 Å². The average molecular weight is 443 g/mol. The van der Waals surface area contributed by atoms with E-state index in [9.17, 15) is 19.2 Å². The number of aromatic amines is 1. The van der Waals surface area contributed by atoms with Crippen LogP contribution in [0, 0.1) is 6.92 Å². The minimum Gasteiger partial charge on any atom is -0.481 e. The van der Waals surface area contributed by atoms with Gasteiger partial charge >= 0.3 is 11.9 Å². The Bertz CT molecular complexity index is 1180. The molecular formula is C21H21N3O6S. The lowest BCUT2D eigenvalue weighted by atomic mass is 10.0. The zero-order valence-corrected chi connectivity index (χ0v) is 17.5. The Morgan fingerprint density at radius 3 is 2.52 bits per heavy atom. The first kappa shape index (κ1) is 22.2. The van der Waals surface area contributed by atoms with Gasteiger partial charge in [0.05, 0.1) is 5.39 Å². The number of carbonyl (C=O) groups excluding carboxylic acids is 1. The highest BCUT2D eigenvalue weighted by molar-refractivity contribution is 7.16. The number of amides is 1. The second-order valence-corrected chi connectivity index (χ2v) is 7.94. The molecule has 0 aliphatic heterocycles. The minimum atomic E-state index is -1.28. The molecule has 0 unspecified atom stereocenters. The monoisotopic (exact) mass is 443 g/mol. The predicted molar refractivity (Wildman–Crippen MR) is 115 cm³/mol. The van der Waals surface area contributed by atoms with E-state index >= 15 is 0 Å². The number of hydrogen-bond donors (Lipinski definition) is 4. The third kappa shape index (κ3) is 5.54. The van der Waals surface area contributed by atoms with E-state index in [2.05, 4.69) is 15.3 Å². The molecule has 3 aromatic rings. The van der Waals surface area contributed by atoms with Crippen LogP contribution in [0.2, 0.25) is 0 Å². The van der Waals surface area contributed by atoms with Crippen LogP contribution in [0.4, 0.5) is 0 Å². The standard InChI is InChI=1S/C21H21N3O6S/c1-11-22-19(28)17-14(10-31-20(17)23-11)7-4-12-2-5-13(6-3-12)18(27)24-15(21(29)30)8-9-16(25)26/h2-3,5-6,10,15H,4,7-9H2,1H3,(H,24,27)(H,25,26)(H,29,30)(H,22,23,28)/t15-/m0/s1. The number of hydrogen-bond acceptors (Lipinski definition) is 6. The number of H-pyrrole nitrogens is 1. The van der Waals surface area contributed by atoms with E-state index in [-0.39, 0.29) is 24.0 Å². The van der Waals surface area contributed by atoms with Crippen LogP contribution >= 0.6 is 11.3 Å². The van der Waals surface area contributed by atoms with Gasteiger partial charge in [0.25, 0.3) is 11.5 Å². The number of aliphatic carboxylic acids is 2. The number of carboxylic acids is 2. The molecule has 1 amide bonds. The van der Waals surface area contributed by atoms with E-state index in [1.165, 1.54) is 11.3 Å². The van der Waals surface area contributed by atoms with Gasteiger partial charge in [0.15, 0.2) is 0 Å². The molecule has 2 aromatic heterocycles. The van der Waals surface area contributed by atoms with Gasteiger partial charge in [0.2, 0.25) is 0 Å². The second-order valence-electron chi connectivity index (χ2n) is 7.09. The third-order valence-electron chi connectivity index (χ3n) is 4.79. The fourth-order valence-electron chi connectivity index (χ4n) is 3.17. The molecule has 4 N–H and O–H groups in total. The van der Waals surface area contributed by atoms with Gasteiger partial charge in [-0.25, -0.2) is 9.78 Å². The first-order valence-electron chi connectivity index (χ1n) is 9.56. The van der Waals surface area contributed by atoms with Crippen molar-refractivity contribution in [3.63, 3.8) is 0 Å². The number of carboxylic acid groups (broad SMARTS) is 2. The molecule has 0 aliphatic rings. The van der Waals surface area contributed by atoms with Gasteiger partial charge in [-0.05, 0) is 54.8 Å². The van der Waals surface area contributed by atoms with Crippen molar-refractivity contribution in [2.24, 2.45) is 0 Å². The fourth-order valence-corrected chi connectivity index (χ4v) is 4.19. The molecule has 162 valence electrons. The van der Waals surface area contributed by atoms with Crippen molar-refractivity contribution in [2.75, 3.05) is 0 Å². The van der Waals surface area contributed by atoms with Crippen LogP contribution in [0.5, 0.6) is 0 Å². The van der Waals surface area contributed by atoms with Crippen molar-refractivity contribution < 1.29 is 24.6 Å². The topological polar surface area (TPSA) is 149 Å². The minimum absolute atomic E-state index is 0.151. The highest BCUT2D eigenvalue weighted by Crippen LogP contribution is 2.22. The summed E-state index contributed by atoms with van der Waals surface area (Å²) >= 11 is 1.43. The number of rotatable bonds is 9. The van der Waals surface area contributed by atoms with Crippen molar-refractivity contribution in [1.82, 2.24) is 15.3 Å². The molecule has 10 heteroatoms. The number of carbonyl (C=O) groups is 3. The normalized spacial score (nSPS) is 11.9. The fraction of sp³-hybridized carbons (Fsp3) is 0.286. The van der Waals surface area contributed by atoms with E-state index in [0.29, 0.717) is 28.9 Å². The van der Waals surface area contributed by atoms with Gasteiger partial charge in [-0.1, -0.05) is 12.1 Å². The summed E-state index contributed by atoms with van der Waals surface area (Å²) < 4.78 is 0. The zero-order valence-electron chi connectivity index (χ0n) is 16.7. The maximum Gasteiger partial charge on any atom is 0.326 e. The van der Waals surface area contributed by atoms with E-state index in [1.807, 2.05) is 5.38 Å². The highest BCUT2D eigenvalue weighted by Gasteiger charge is 2.21. The number of aryl methyl sites for hydroxylation is 3. The molecule has 1 atom stereocenters. The molecule has 0 aliphatic carbocycles. The molecule has 0 spiro atoms. The lowest BCUT2D eigenvalue weighted by molar-refractivity contribution is -0.140. The molecule has 0 saturated carbocycles. The summed E-state index contributed by atoms with van der Waals surface area (Å²) in [4.78, 5) is 54.2. The van der Waals surface area contributed by atoms with Gasteiger partial charge in [-0.2, -0.15) is 0 Å². The first-order valence-corrected chi connectivity index (χ1v) is 10.4. The Hall–Kier alpha value is -3.53. The predicted octanol–water partition coefficient (Wildman–Crippen LogP) is 2.13. The van der Waals surface area contributed by atoms with E-state index in [1.54, 1.807) is 31.2 Å². The summed E-state index contributed by atoms with van der Waals surface area (Å²) in [6.45, 7) is 1.74. The van der Waals surface area contributed by atoms with Gasteiger partial charge < -0.3 is 20.5 Å². The molecular weight excluding hydrogens is 422 g/mol. The van der Waals surface area contributed by atoms with Crippen LogP contribution in [0.25, 0.3) is 10.2 Å². The maximum absolute atomic E-state index is 12.3. The molecule has 0 fully saturated rings. The molecule has 2 heterocycles. The van der Waals surface area contributed by atoms with Gasteiger partial charge in [-0.15, -0.1) is 11.3 Å². The Kier molecular flexibility index (Phi) is 6.81. The van der Waals surface area contributed by atoms with Crippen LogP contribution < -0.4 is 10.9 Å². The summed E-state index contributed by atoms with van der Waals surface area (Å²) in [5.74, 6) is -2.42. The number of fused-ring (bicyclic) bond motifs is 1. The Balaban J connectivity index is 1.64. The molecule has 0 bridgehead atoms. The van der Waals surface area contributed by atoms with Gasteiger partial charge in [-0.3, -0.25) is 14.4 Å².